The van der Waals surface area contributed by atoms with Crippen molar-refractivity contribution in [2.45, 2.75) is 25.9 Å². The molecule has 0 aliphatic carbocycles. The summed E-state index contributed by atoms with van der Waals surface area (Å²) < 4.78 is 16.2. The summed E-state index contributed by atoms with van der Waals surface area (Å²) in [5, 5.41) is 3.03. The number of anilines is 1. The summed E-state index contributed by atoms with van der Waals surface area (Å²) in [6.45, 7) is 2.55. The first kappa shape index (κ1) is 19.0. The van der Waals surface area contributed by atoms with Crippen LogP contribution in [0.1, 0.15) is 18.9 Å². The molecule has 0 saturated carbocycles. The molecule has 0 saturated heterocycles. The monoisotopic (exact) mass is 390 g/mol. The van der Waals surface area contributed by atoms with E-state index in [-0.39, 0.29) is 6.42 Å². The minimum absolute atomic E-state index is 0.149. The number of rotatable bonds is 6. The number of fused-ring (bicyclic) bond motifs is 1. The Kier molecular flexibility index (Phi) is 6.13. The Morgan fingerprint density at radius 1 is 1.22 bits per heavy atom. The third-order valence-electron chi connectivity index (χ3n) is 3.88. The van der Waals surface area contributed by atoms with Gasteiger partial charge in [-0.05, 0) is 43.2 Å². The molecule has 142 valence electrons. The van der Waals surface area contributed by atoms with Crippen molar-refractivity contribution >= 4 is 29.3 Å². The van der Waals surface area contributed by atoms with E-state index in [1.165, 1.54) is 13.1 Å². The summed E-state index contributed by atoms with van der Waals surface area (Å²) in [5.74, 6) is 0.793. The lowest BCUT2D eigenvalue weighted by Crippen LogP contribution is -2.30. The second-order valence-electron chi connectivity index (χ2n) is 5.96. The fourth-order valence-electron chi connectivity index (χ4n) is 2.48. The average Bonchev–Trinajstić information content (AvgIpc) is 2.68. The summed E-state index contributed by atoms with van der Waals surface area (Å²) >= 11 is 5.74. The predicted octanol–water partition coefficient (Wildman–Crippen LogP) is 3.01. The Morgan fingerprint density at radius 3 is 2.74 bits per heavy atom. The van der Waals surface area contributed by atoms with E-state index in [4.69, 9.17) is 25.8 Å². The van der Waals surface area contributed by atoms with Crippen LogP contribution in [0.2, 0.25) is 5.02 Å². The molecule has 2 heterocycles. The quantitative estimate of drug-likeness (QED) is 0.763. The molecule has 1 aliphatic heterocycles. The van der Waals surface area contributed by atoms with E-state index in [0.29, 0.717) is 42.0 Å². The molecule has 3 rings (SSSR count). The molecule has 0 fully saturated rings. The smallest absolute Gasteiger partial charge is 0.306 e. The molecule has 2 aromatic rings. The van der Waals surface area contributed by atoms with Crippen LogP contribution in [0.25, 0.3) is 0 Å². The zero-order chi connectivity index (χ0) is 19.2. The van der Waals surface area contributed by atoms with E-state index in [2.05, 4.69) is 10.3 Å². The van der Waals surface area contributed by atoms with Gasteiger partial charge in [-0.1, -0.05) is 17.7 Å². The van der Waals surface area contributed by atoms with Crippen LogP contribution in [-0.2, 0) is 20.7 Å². The lowest BCUT2D eigenvalue weighted by Gasteiger charge is -2.19. The van der Waals surface area contributed by atoms with Crippen LogP contribution >= 0.6 is 11.6 Å². The molecule has 8 heteroatoms. The van der Waals surface area contributed by atoms with Crippen LogP contribution in [0.5, 0.6) is 11.5 Å². The minimum atomic E-state index is -0.935. The number of carbonyl (C=O) groups excluding carboxylic acids is 2. The molecule has 7 nitrogen and oxygen atoms in total. The van der Waals surface area contributed by atoms with E-state index in [1.807, 2.05) is 18.2 Å². The number of halogens is 1. The SMILES string of the molecule is CC(OC(=O)CCc1ccc2c(c1)OCCO2)C(=O)Nc1ccc(Cl)cn1. The van der Waals surface area contributed by atoms with E-state index in [0.717, 1.165) is 5.56 Å². The van der Waals surface area contributed by atoms with Gasteiger partial charge >= 0.3 is 5.97 Å². The molecule has 0 radical (unpaired) electrons. The number of aromatic nitrogens is 1. The van der Waals surface area contributed by atoms with Gasteiger partial charge < -0.3 is 19.5 Å². The highest BCUT2D eigenvalue weighted by Gasteiger charge is 2.19. The van der Waals surface area contributed by atoms with E-state index in [9.17, 15) is 9.59 Å². The van der Waals surface area contributed by atoms with Gasteiger partial charge in [0.05, 0.1) is 5.02 Å². The first-order valence-corrected chi connectivity index (χ1v) is 8.89. The standard InChI is InChI=1S/C19H19ClN2O5/c1-12(19(24)22-17-6-4-14(20)11-21-17)27-18(23)7-3-13-2-5-15-16(10-13)26-9-8-25-15/h2,4-6,10-12H,3,7-9H2,1H3,(H,21,22,24). The summed E-state index contributed by atoms with van der Waals surface area (Å²) in [5.41, 5.74) is 0.929. The van der Waals surface area contributed by atoms with Crippen LogP contribution in [-0.4, -0.2) is 36.2 Å². The van der Waals surface area contributed by atoms with Crippen molar-refractivity contribution in [3.8, 4) is 11.5 Å². The summed E-state index contributed by atoms with van der Waals surface area (Å²) in [7, 11) is 0. The van der Waals surface area contributed by atoms with Crippen LogP contribution < -0.4 is 14.8 Å². The van der Waals surface area contributed by atoms with Gasteiger partial charge in [-0.15, -0.1) is 0 Å². The number of aryl methyl sites for hydroxylation is 1. The lowest BCUT2D eigenvalue weighted by molar-refractivity contribution is -0.153. The molecule has 1 unspecified atom stereocenters. The maximum absolute atomic E-state index is 12.1. The number of hydrogen-bond acceptors (Lipinski definition) is 6. The van der Waals surface area contributed by atoms with Gasteiger partial charge in [-0.25, -0.2) is 4.98 Å². The van der Waals surface area contributed by atoms with E-state index in [1.54, 1.807) is 12.1 Å². The van der Waals surface area contributed by atoms with Gasteiger partial charge in [0, 0.05) is 12.6 Å². The van der Waals surface area contributed by atoms with Gasteiger partial charge in [0.2, 0.25) is 0 Å². The Labute approximate surface area is 161 Å². The average molecular weight is 391 g/mol. The fraction of sp³-hybridized carbons (Fsp3) is 0.316. The molecular formula is C19H19ClN2O5. The number of amides is 1. The summed E-state index contributed by atoms with van der Waals surface area (Å²) in [4.78, 5) is 28.1. The van der Waals surface area contributed by atoms with Crippen molar-refractivity contribution in [1.82, 2.24) is 4.98 Å². The van der Waals surface area contributed by atoms with Crippen LogP contribution in [0.15, 0.2) is 36.5 Å². The van der Waals surface area contributed by atoms with Crippen molar-refractivity contribution < 1.29 is 23.8 Å². The van der Waals surface area contributed by atoms with Gasteiger partial charge in [-0.2, -0.15) is 0 Å². The van der Waals surface area contributed by atoms with Crippen molar-refractivity contribution in [1.29, 1.82) is 0 Å². The number of nitrogens with one attached hydrogen (secondary N) is 1. The van der Waals surface area contributed by atoms with Gasteiger partial charge in [0.1, 0.15) is 19.0 Å². The highest BCUT2D eigenvalue weighted by atomic mass is 35.5. The van der Waals surface area contributed by atoms with Crippen molar-refractivity contribution in [3.63, 3.8) is 0 Å². The topological polar surface area (TPSA) is 86.8 Å². The second-order valence-corrected chi connectivity index (χ2v) is 6.40. The first-order valence-electron chi connectivity index (χ1n) is 8.51. The zero-order valence-corrected chi connectivity index (χ0v) is 15.5. The molecule has 27 heavy (non-hydrogen) atoms. The largest absolute Gasteiger partial charge is 0.486 e. The Hall–Kier alpha value is -2.80. The highest BCUT2D eigenvalue weighted by molar-refractivity contribution is 6.30. The number of benzene rings is 1. The lowest BCUT2D eigenvalue weighted by atomic mass is 10.1. The summed E-state index contributed by atoms with van der Waals surface area (Å²) in [6.07, 6.45) is 1.11. The van der Waals surface area contributed by atoms with Gasteiger partial charge in [0.25, 0.3) is 5.91 Å². The molecule has 0 bridgehead atoms. The van der Waals surface area contributed by atoms with Crippen molar-refractivity contribution in [2.24, 2.45) is 0 Å². The number of carbonyl (C=O) groups is 2. The predicted molar refractivity (Wildman–Crippen MR) is 99.2 cm³/mol. The fourth-order valence-corrected chi connectivity index (χ4v) is 2.59. The molecular weight excluding hydrogens is 372 g/mol. The normalized spacial score (nSPS) is 13.6. The number of ether oxygens (including phenoxy) is 3. The molecule has 1 N–H and O–H groups in total. The molecule has 1 aromatic heterocycles. The molecule has 1 amide bonds. The maximum Gasteiger partial charge on any atom is 0.306 e. The minimum Gasteiger partial charge on any atom is -0.486 e. The highest BCUT2D eigenvalue weighted by Crippen LogP contribution is 2.31. The summed E-state index contributed by atoms with van der Waals surface area (Å²) in [6, 6.07) is 8.72. The number of esters is 1. The molecule has 1 aromatic carbocycles. The molecule has 1 aliphatic rings. The van der Waals surface area contributed by atoms with Crippen LogP contribution in [0, 0.1) is 0 Å². The van der Waals surface area contributed by atoms with Crippen LogP contribution in [0.3, 0.4) is 0 Å². The van der Waals surface area contributed by atoms with E-state index >= 15 is 0 Å². The first-order chi connectivity index (χ1) is 13.0. The van der Waals surface area contributed by atoms with Crippen molar-refractivity contribution in [2.75, 3.05) is 18.5 Å². The Bertz CT molecular complexity index is 825. The van der Waals surface area contributed by atoms with Gasteiger partial charge in [-0.3, -0.25) is 9.59 Å². The maximum atomic E-state index is 12.1. The van der Waals surface area contributed by atoms with Crippen LogP contribution in [0.4, 0.5) is 5.82 Å². The van der Waals surface area contributed by atoms with Crippen molar-refractivity contribution in [3.05, 3.63) is 47.1 Å². The third-order valence-corrected chi connectivity index (χ3v) is 4.10. The Morgan fingerprint density at radius 2 is 2.00 bits per heavy atom. The van der Waals surface area contributed by atoms with Gasteiger partial charge in [0.15, 0.2) is 17.6 Å². The number of hydrogen-bond donors (Lipinski definition) is 1. The molecule has 1 atom stereocenters. The molecule has 0 spiro atoms. The van der Waals surface area contributed by atoms with E-state index < -0.39 is 18.0 Å². The Balaban J connectivity index is 1.47. The third kappa shape index (κ3) is 5.34. The zero-order valence-electron chi connectivity index (χ0n) is 14.7. The number of nitrogens with zero attached hydrogens (tertiary/aromatic N) is 1. The second kappa shape index (κ2) is 8.73. The number of pyridine rings is 1.